The van der Waals surface area contributed by atoms with Crippen molar-refractivity contribution in [3.8, 4) is 0 Å². The van der Waals surface area contributed by atoms with Gasteiger partial charge in [-0.25, -0.2) is 0 Å². The largest absolute Gasteiger partial charge is 0.390 e. The Bertz CT molecular complexity index is 264. The fraction of sp³-hybridized carbons (Fsp3) is 1.00. The van der Waals surface area contributed by atoms with Gasteiger partial charge in [0, 0.05) is 31.7 Å². The molecule has 0 radical (unpaired) electrons. The molecule has 1 aliphatic carbocycles. The topological polar surface area (TPSA) is 38.7 Å². The van der Waals surface area contributed by atoms with E-state index in [9.17, 15) is 5.11 Å². The lowest BCUT2D eigenvalue weighted by Crippen LogP contribution is -2.40. The van der Waals surface area contributed by atoms with Gasteiger partial charge in [0.05, 0.1) is 6.10 Å². The molecule has 3 aliphatic rings. The molecule has 2 unspecified atom stereocenters. The van der Waals surface area contributed by atoms with Crippen LogP contribution in [0.3, 0.4) is 0 Å². The molecule has 2 N–H and O–H groups in total. The Hall–Kier alpha value is -0.160. The molecule has 0 aromatic heterocycles. The zero-order valence-corrected chi connectivity index (χ0v) is 11.4. The number of rotatable bonds is 6. The molecular formula is C14H27N3O. The molecule has 104 valence electrons. The summed E-state index contributed by atoms with van der Waals surface area (Å²) in [6.07, 6.45) is 6.46. The van der Waals surface area contributed by atoms with E-state index in [0.717, 1.165) is 19.1 Å². The summed E-state index contributed by atoms with van der Waals surface area (Å²) < 4.78 is 0. The highest BCUT2D eigenvalue weighted by atomic mass is 16.3. The molecule has 2 saturated heterocycles. The van der Waals surface area contributed by atoms with Gasteiger partial charge < -0.3 is 10.4 Å². The highest BCUT2D eigenvalue weighted by Crippen LogP contribution is 2.21. The van der Waals surface area contributed by atoms with Gasteiger partial charge in [0.25, 0.3) is 0 Å². The lowest BCUT2D eigenvalue weighted by Gasteiger charge is -2.24. The molecule has 3 fully saturated rings. The van der Waals surface area contributed by atoms with Crippen molar-refractivity contribution in [2.45, 2.75) is 50.3 Å². The number of likely N-dealkylation sites (tertiary alicyclic amines) is 2. The highest BCUT2D eigenvalue weighted by molar-refractivity contribution is 4.87. The molecule has 0 spiro atoms. The Morgan fingerprint density at radius 3 is 2.61 bits per heavy atom. The molecule has 2 atom stereocenters. The average molecular weight is 253 g/mol. The minimum atomic E-state index is -0.192. The summed E-state index contributed by atoms with van der Waals surface area (Å²) in [4.78, 5) is 5.09. The maximum Gasteiger partial charge on any atom is 0.0791 e. The van der Waals surface area contributed by atoms with Gasteiger partial charge >= 0.3 is 0 Å². The third kappa shape index (κ3) is 3.44. The van der Waals surface area contributed by atoms with Crippen molar-refractivity contribution in [2.24, 2.45) is 0 Å². The van der Waals surface area contributed by atoms with Gasteiger partial charge in [-0.05, 0) is 51.7 Å². The van der Waals surface area contributed by atoms with Crippen molar-refractivity contribution in [1.29, 1.82) is 0 Å². The first-order chi connectivity index (χ1) is 8.81. The zero-order chi connectivity index (χ0) is 12.4. The van der Waals surface area contributed by atoms with E-state index >= 15 is 0 Å². The van der Waals surface area contributed by atoms with Crippen molar-refractivity contribution >= 4 is 0 Å². The number of aliphatic hydroxyl groups is 1. The Balaban J connectivity index is 1.35. The predicted octanol–water partition coefficient (Wildman–Crippen LogP) is 0.269. The summed E-state index contributed by atoms with van der Waals surface area (Å²) in [5.41, 5.74) is 0. The van der Waals surface area contributed by atoms with E-state index in [4.69, 9.17) is 0 Å². The molecule has 4 nitrogen and oxygen atoms in total. The summed E-state index contributed by atoms with van der Waals surface area (Å²) in [5, 5.41) is 13.4. The van der Waals surface area contributed by atoms with Crippen LogP contribution < -0.4 is 5.32 Å². The second-order valence-electron chi connectivity index (χ2n) is 6.28. The van der Waals surface area contributed by atoms with E-state index in [-0.39, 0.29) is 6.10 Å². The minimum absolute atomic E-state index is 0.192. The van der Waals surface area contributed by atoms with Gasteiger partial charge in [0.2, 0.25) is 0 Å². The summed E-state index contributed by atoms with van der Waals surface area (Å²) in [5.74, 6) is 0. The highest BCUT2D eigenvalue weighted by Gasteiger charge is 2.30. The standard InChI is InChI=1S/C14H27N3O/c18-14(9-15-12-3-4-12)11-16-8-5-13(10-16)17-6-1-2-7-17/h12-15,18H,1-11H2. The lowest BCUT2D eigenvalue weighted by molar-refractivity contribution is 0.118. The SMILES string of the molecule is OC(CNC1CC1)CN1CCC(N2CCCC2)C1. The Morgan fingerprint density at radius 1 is 1.11 bits per heavy atom. The van der Waals surface area contributed by atoms with Crippen LogP contribution in [0.5, 0.6) is 0 Å². The van der Waals surface area contributed by atoms with Gasteiger partial charge in [0.15, 0.2) is 0 Å². The molecule has 2 heterocycles. The van der Waals surface area contributed by atoms with E-state index in [1.807, 2.05) is 0 Å². The van der Waals surface area contributed by atoms with Crippen LogP contribution in [0.15, 0.2) is 0 Å². The fourth-order valence-corrected chi connectivity index (χ4v) is 3.34. The van der Waals surface area contributed by atoms with E-state index in [1.54, 1.807) is 0 Å². The number of nitrogens with one attached hydrogen (secondary N) is 1. The third-order valence-corrected chi connectivity index (χ3v) is 4.59. The predicted molar refractivity (Wildman–Crippen MR) is 72.7 cm³/mol. The van der Waals surface area contributed by atoms with Crippen LogP contribution in [0.1, 0.15) is 32.1 Å². The number of aliphatic hydroxyl groups excluding tert-OH is 1. The number of hydrogen-bond donors (Lipinski definition) is 2. The summed E-state index contributed by atoms with van der Waals surface area (Å²) >= 11 is 0. The Morgan fingerprint density at radius 2 is 1.89 bits per heavy atom. The third-order valence-electron chi connectivity index (χ3n) is 4.59. The normalized spacial score (nSPS) is 32.2. The van der Waals surface area contributed by atoms with Crippen LogP contribution in [-0.2, 0) is 0 Å². The number of nitrogens with zero attached hydrogens (tertiary/aromatic N) is 2. The lowest BCUT2D eigenvalue weighted by atomic mass is 10.2. The molecule has 0 bridgehead atoms. The van der Waals surface area contributed by atoms with Gasteiger partial charge in [-0.15, -0.1) is 0 Å². The monoisotopic (exact) mass is 253 g/mol. The Kier molecular flexibility index (Phi) is 4.19. The van der Waals surface area contributed by atoms with Crippen LogP contribution in [-0.4, -0.2) is 72.4 Å². The zero-order valence-electron chi connectivity index (χ0n) is 11.4. The molecule has 0 aromatic carbocycles. The van der Waals surface area contributed by atoms with E-state index in [2.05, 4.69) is 15.1 Å². The number of β-amino-alcohol motifs (C(OH)–C–C–N with tert-alkyl or cyclic N) is 1. The second kappa shape index (κ2) is 5.87. The van der Waals surface area contributed by atoms with Gasteiger partial charge in [-0.2, -0.15) is 0 Å². The van der Waals surface area contributed by atoms with Crippen molar-refractivity contribution < 1.29 is 5.11 Å². The van der Waals surface area contributed by atoms with Crippen LogP contribution >= 0.6 is 0 Å². The fourth-order valence-electron chi connectivity index (χ4n) is 3.34. The molecule has 3 rings (SSSR count). The molecule has 2 aliphatic heterocycles. The Labute approximate surface area is 110 Å². The first-order valence-electron chi connectivity index (χ1n) is 7.69. The van der Waals surface area contributed by atoms with Crippen molar-refractivity contribution in [2.75, 3.05) is 39.3 Å². The number of hydrogen-bond acceptors (Lipinski definition) is 4. The van der Waals surface area contributed by atoms with Gasteiger partial charge in [-0.3, -0.25) is 9.80 Å². The molecule has 0 amide bonds. The molecule has 1 saturated carbocycles. The van der Waals surface area contributed by atoms with Gasteiger partial charge in [-0.1, -0.05) is 0 Å². The van der Waals surface area contributed by atoms with Crippen molar-refractivity contribution in [3.05, 3.63) is 0 Å². The average Bonchev–Trinajstić information content (AvgIpc) is 2.85. The minimum Gasteiger partial charge on any atom is -0.390 e. The van der Waals surface area contributed by atoms with E-state index < -0.39 is 0 Å². The maximum absolute atomic E-state index is 10.0. The van der Waals surface area contributed by atoms with Crippen molar-refractivity contribution in [1.82, 2.24) is 15.1 Å². The summed E-state index contributed by atoms with van der Waals surface area (Å²) in [6.45, 7) is 6.55. The first-order valence-corrected chi connectivity index (χ1v) is 7.69. The molecule has 18 heavy (non-hydrogen) atoms. The summed E-state index contributed by atoms with van der Waals surface area (Å²) in [7, 11) is 0. The van der Waals surface area contributed by atoms with E-state index in [0.29, 0.717) is 6.04 Å². The molecular weight excluding hydrogens is 226 g/mol. The first kappa shape index (κ1) is 12.9. The van der Waals surface area contributed by atoms with Crippen LogP contribution in [0, 0.1) is 0 Å². The van der Waals surface area contributed by atoms with E-state index in [1.165, 1.54) is 58.3 Å². The van der Waals surface area contributed by atoms with Gasteiger partial charge in [0.1, 0.15) is 0 Å². The summed E-state index contributed by atoms with van der Waals surface area (Å²) in [6, 6.07) is 1.46. The maximum atomic E-state index is 10.0. The smallest absolute Gasteiger partial charge is 0.0791 e. The van der Waals surface area contributed by atoms with Crippen molar-refractivity contribution in [3.63, 3.8) is 0 Å². The second-order valence-corrected chi connectivity index (χ2v) is 6.28. The van der Waals surface area contributed by atoms with Crippen LogP contribution in [0.4, 0.5) is 0 Å². The van der Waals surface area contributed by atoms with Crippen LogP contribution in [0.25, 0.3) is 0 Å². The molecule has 4 heteroatoms. The van der Waals surface area contributed by atoms with Crippen LogP contribution in [0.2, 0.25) is 0 Å². The quantitative estimate of drug-likeness (QED) is 0.713. The molecule has 0 aromatic rings.